The van der Waals surface area contributed by atoms with E-state index in [0.29, 0.717) is 18.0 Å². The van der Waals surface area contributed by atoms with E-state index in [1.165, 1.54) is 0 Å². The van der Waals surface area contributed by atoms with Gasteiger partial charge in [0.2, 0.25) is 5.88 Å². The van der Waals surface area contributed by atoms with Crippen LogP contribution >= 0.6 is 11.8 Å². The van der Waals surface area contributed by atoms with Gasteiger partial charge in [0.1, 0.15) is 17.4 Å². The fourth-order valence-electron chi connectivity index (χ4n) is 2.54. The van der Waals surface area contributed by atoms with E-state index in [4.69, 9.17) is 9.47 Å². The monoisotopic (exact) mass is 344 g/mol. The van der Waals surface area contributed by atoms with Crippen molar-refractivity contribution in [2.24, 2.45) is 0 Å². The van der Waals surface area contributed by atoms with Gasteiger partial charge in [0.15, 0.2) is 0 Å². The Morgan fingerprint density at radius 1 is 1.33 bits per heavy atom. The minimum Gasteiger partial charge on any atom is -0.496 e. The molecule has 2 aromatic rings. The summed E-state index contributed by atoms with van der Waals surface area (Å²) in [6, 6.07) is 11.1. The molecule has 126 valence electrons. The molecule has 0 radical (unpaired) electrons. The molecule has 6 heteroatoms. The third-order valence-electron chi connectivity index (χ3n) is 3.81. The molecule has 1 aliphatic heterocycles. The average Bonchev–Trinajstić information content (AvgIpc) is 3.13. The number of nitrogens with one attached hydrogen (secondary N) is 1. The largest absolute Gasteiger partial charge is 0.496 e. The van der Waals surface area contributed by atoms with Crippen molar-refractivity contribution in [2.45, 2.75) is 19.1 Å². The lowest BCUT2D eigenvalue weighted by molar-refractivity contribution is 0.0943. The molecule has 3 rings (SSSR count). The molecule has 0 spiro atoms. The fraction of sp³-hybridized carbons (Fsp3) is 0.333. The van der Waals surface area contributed by atoms with E-state index in [1.807, 2.05) is 36.0 Å². The molecule has 24 heavy (non-hydrogen) atoms. The molecule has 1 fully saturated rings. The van der Waals surface area contributed by atoms with Crippen molar-refractivity contribution in [2.75, 3.05) is 18.6 Å². The predicted molar refractivity (Wildman–Crippen MR) is 94.8 cm³/mol. The highest BCUT2D eigenvalue weighted by Crippen LogP contribution is 2.24. The van der Waals surface area contributed by atoms with E-state index in [9.17, 15) is 4.79 Å². The van der Waals surface area contributed by atoms with Crippen molar-refractivity contribution in [3.8, 4) is 11.6 Å². The number of methoxy groups -OCH3 is 1. The number of hydrogen-bond acceptors (Lipinski definition) is 5. The third kappa shape index (κ3) is 4.00. The Morgan fingerprint density at radius 2 is 2.21 bits per heavy atom. The predicted octanol–water partition coefficient (Wildman–Crippen LogP) is 2.90. The average molecular weight is 344 g/mol. The van der Waals surface area contributed by atoms with Gasteiger partial charge in [-0.2, -0.15) is 11.8 Å². The zero-order chi connectivity index (χ0) is 16.8. The Bertz CT molecular complexity index is 702. The Balaban J connectivity index is 1.68. The van der Waals surface area contributed by atoms with Crippen LogP contribution in [-0.4, -0.2) is 35.6 Å². The zero-order valence-corrected chi connectivity index (χ0v) is 14.3. The molecule has 0 saturated carbocycles. The van der Waals surface area contributed by atoms with Crippen LogP contribution in [-0.2, 0) is 6.54 Å². The van der Waals surface area contributed by atoms with Crippen molar-refractivity contribution >= 4 is 17.7 Å². The first-order chi connectivity index (χ1) is 11.8. The van der Waals surface area contributed by atoms with E-state index >= 15 is 0 Å². The molecule has 1 amide bonds. The van der Waals surface area contributed by atoms with Gasteiger partial charge in [0.25, 0.3) is 5.91 Å². The molecule has 1 atom stereocenters. The van der Waals surface area contributed by atoms with Crippen molar-refractivity contribution in [3.63, 3.8) is 0 Å². The van der Waals surface area contributed by atoms with Crippen LogP contribution in [0.25, 0.3) is 0 Å². The summed E-state index contributed by atoms with van der Waals surface area (Å²) in [6.45, 7) is 0.385. The summed E-state index contributed by atoms with van der Waals surface area (Å²) in [5.41, 5.74) is 1.39. The maximum atomic E-state index is 12.5. The molecule has 1 aliphatic rings. The van der Waals surface area contributed by atoms with Crippen molar-refractivity contribution < 1.29 is 14.3 Å². The minimum atomic E-state index is -0.199. The summed E-state index contributed by atoms with van der Waals surface area (Å²) in [5.74, 6) is 2.99. The second-order valence-electron chi connectivity index (χ2n) is 5.45. The number of para-hydroxylation sites is 1. The standard InChI is InChI=1S/C18H20N2O3S/c1-22-16-7-3-2-5-13(16)11-20-17(21)15-6-4-9-19-18(15)23-14-8-10-24-12-14/h2-7,9,14H,8,10-12H2,1H3,(H,20,21). The smallest absolute Gasteiger partial charge is 0.257 e. The molecule has 0 bridgehead atoms. The lowest BCUT2D eigenvalue weighted by Crippen LogP contribution is -2.25. The minimum absolute atomic E-state index is 0.130. The van der Waals surface area contributed by atoms with Crippen molar-refractivity contribution in [3.05, 3.63) is 53.7 Å². The number of rotatable bonds is 6. The Morgan fingerprint density at radius 3 is 3.00 bits per heavy atom. The molecule has 2 heterocycles. The molecule has 5 nitrogen and oxygen atoms in total. The SMILES string of the molecule is COc1ccccc1CNC(=O)c1cccnc1OC1CCSC1. The fourth-order valence-corrected chi connectivity index (χ4v) is 3.63. The topological polar surface area (TPSA) is 60.5 Å². The van der Waals surface area contributed by atoms with Gasteiger partial charge in [-0.1, -0.05) is 18.2 Å². The molecule has 1 aromatic carbocycles. The molecule has 1 N–H and O–H groups in total. The number of thioether (sulfide) groups is 1. The van der Waals surface area contributed by atoms with E-state index in [-0.39, 0.29) is 12.0 Å². The van der Waals surface area contributed by atoms with Gasteiger partial charge in [-0.15, -0.1) is 0 Å². The number of benzene rings is 1. The zero-order valence-electron chi connectivity index (χ0n) is 13.5. The quantitative estimate of drug-likeness (QED) is 0.873. The van der Waals surface area contributed by atoms with Gasteiger partial charge >= 0.3 is 0 Å². The van der Waals surface area contributed by atoms with Gasteiger partial charge in [-0.3, -0.25) is 4.79 Å². The van der Waals surface area contributed by atoms with Crippen LogP contribution < -0.4 is 14.8 Å². The van der Waals surface area contributed by atoms with Gasteiger partial charge < -0.3 is 14.8 Å². The number of ether oxygens (including phenoxy) is 2. The molecular formula is C18H20N2O3S. The van der Waals surface area contributed by atoms with E-state index < -0.39 is 0 Å². The summed E-state index contributed by atoms with van der Waals surface area (Å²) in [6.07, 6.45) is 2.77. The lowest BCUT2D eigenvalue weighted by Gasteiger charge is -2.15. The maximum absolute atomic E-state index is 12.5. The second-order valence-corrected chi connectivity index (χ2v) is 6.60. The number of amides is 1. The Hall–Kier alpha value is -2.21. The van der Waals surface area contributed by atoms with Crippen LogP contribution in [0, 0.1) is 0 Å². The van der Waals surface area contributed by atoms with E-state index in [2.05, 4.69) is 10.3 Å². The summed E-state index contributed by atoms with van der Waals surface area (Å²) in [7, 11) is 1.62. The first-order valence-electron chi connectivity index (χ1n) is 7.87. The third-order valence-corrected chi connectivity index (χ3v) is 4.95. The van der Waals surface area contributed by atoms with Crippen LogP contribution in [0.2, 0.25) is 0 Å². The van der Waals surface area contributed by atoms with Crippen LogP contribution in [0.4, 0.5) is 0 Å². The summed E-state index contributed by atoms with van der Waals surface area (Å²) < 4.78 is 11.2. The maximum Gasteiger partial charge on any atom is 0.257 e. The van der Waals surface area contributed by atoms with Crippen molar-refractivity contribution in [1.82, 2.24) is 10.3 Å². The number of hydrogen-bond donors (Lipinski definition) is 1. The van der Waals surface area contributed by atoms with Gasteiger partial charge in [0.05, 0.1) is 7.11 Å². The molecular weight excluding hydrogens is 324 g/mol. The highest BCUT2D eigenvalue weighted by atomic mass is 32.2. The van der Waals surface area contributed by atoms with Crippen molar-refractivity contribution in [1.29, 1.82) is 0 Å². The normalized spacial score (nSPS) is 16.6. The number of carbonyl (C=O) groups excluding carboxylic acids is 1. The van der Waals surface area contributed by atoms with E-state index in [0.717, 1.165) is 29.2 Å². The van der Waals surface area contributed by atoms with Crippen LogP contribution in [0.1, 0.15) is 22.3 Å². The summed E-state index contributed by atoms with van der Waals surface area (Å²) >= 11 is 1.86. The highest BCUT2D eigenvalue weighted by molar-refractivity contribution is 7.99. The van der Waals surface area contributed by atoms with Gasteiger partial charge in [-0.05, 0) is 30.4 Å². The molecule has 1 unspecified atom stereocenters. The van der Waals surface area contributed by atoms with Gasteiger partial charge in [0, 0.05) is 24.1 Å². The van der Waals surface area contributed by atoms with E-state index in [1.54, 1.807) is 25.4 Å². The highest BCUT2D eigenvalue weighted by Gasteiger charge is 2.21. The molecule has 1 saturated heterocycles. The first-order valence-corrected chi connectivity index (χ1v) is 9.03. The number of carbonyl (C=O) groups is 1. The van der Waals surface area contributed by atoms with Crippen LogP contribution in [0.15, 0.2) is 42.6 Å². The van der Waals surface area contributed by atoms with Crippen LogP contribution in [0.3, 0.4) is 0 Å². The Kier molecular flexibility index (Phi) is 5.59. The number of pyridine rings is 1. The summed E-state index contributed by atoms with van der Waals surface area (Å²) in [4.78, 5) is 16.8. The number of aromatic nitrogens is 1. The lowest BCUT2D eigenvalue weighted by atomic mass is 10.2. The molecule has 1 aromatic heterocycles. The second kappa shape index (κ2) is 8.06. The first kappa shape index (κ1) is 16.6. The molecule has 0 aliphatic carbocycles. The van der Waals surface area contributed by atoms with Crippen LogP contribution in [0.5, 0.6) is 11.6 Å². The Labute approximate surface area is 145 Å². The summed E-state index contributed by atoms with van der Waals surface area (Å²) in [5, 5.41) is 2.91. The van der Waals surface area contributed by atoms with Gasteiger partial charge in [-0.25, -0.2) is 4.98 Å². The number of nitrogens with zero attached hydrogens (tertiary/aromatic N) is 1.